The van der Waals surface area contributed by atoms with E-state index in [-0.39, 0.29) is 23.7 Å². The van der Waals surface area contributed by atoms with E-state index >= 15 is 0 Å². The number of hydrogen-bond donors (Lipinski definition) is 0. The van der Waals surface area contributed by atoms with Gasteiger partial charge in [-0.1, -0.05) is 23.5 Å². The normalized spacial score (nSPS) is 15.0. The van der Waals surface area contributed by atoms with Crippen LogP contribution in [0.1, 0.15) is 37.9 Å². The predicted molar refractivity (Wildman–Crippen MR) is 144 cm³/mol. The fourth-order valence-electron chi connectivity index (χ4n) is 4.36. The highest BCUT2D eigenvalue weighted by Crippen LogP contribution is 2.36. The molecule has 0 unspecified atom stereocenters. The standard InChI is InChI=1S/C28H28F2N2O7S/c1-6-37-21-14-17(9-11-18(21)35-4)24-23(26(34)38-7-2)15(3)31-28-32(24)25(33)22(40-28)13-16-8-10-19(39-27(29)30)20(12-16)36-5/h8-14,24,27H,6-7H2,1-5H3/b22-13+/t24-/m0/s1. The molecule has 0 bridgehead atoms. The number of thiazole rings is 1. The van der Waals surface area contributed by atoms with E-state index in [9.17, 15) is 18.4 Å². The zero-order valence-electron chi connectivity index (χ0n) is 22.5. The second-order valence-electron chi connectivity index (χ2n) is 8.43. The number of allylic oxidation sites excluding steroid dienone is 1. The van der Waals surface area contributed by atoms with Gasteiger partial charge in [-0.25, -0.2) is 9.79 Å². The third-order valence-electron chi connectivity index (χ3n) is 6.02. The number of carbonyl (C=O) groups is 1. The molecule has 9 nitrogen and oxygen atoms in total. The molecule has 0 aliphatic carbocycles. The van der Waals surface area contributed by atoms with Gasteiger partial charge in [-0.15, -0.1) is 0 Å². The first-order valence-corrected chi connectivity index (χ1v) is 13.2. The molecule has 2 aromatic carbocycles. The van der Waals surface area contributed by atoms with Crippen LogP contribution in [-0.2, 0) is 9.53 Å². The molecule has 3 aromatic rings. The maximum Gasteiger partial charge on any atom is 0.387 e. The van der Waals surface area contributed by atoms with Gasteiger partial charge in [0.25, 0.3) is 5.56 Å². The monoisotopic (exact) mass is 574 g/mol. The predicted octanol–water partition coefficient (Wildman–Crippen LogP) is 3.82. The summed E-state index contributed by atoms with van der Waals surface area (Å²) in [6.07, 6.45) is 1.60. The lowest BCUT2D eigenvalue weighted by Crippen LogP contribution is -2.40. The van der Waals surface area contributed by atoms with Gasteiger partial charge in [0.05, 0.1) is 49.3 Å². The summed E-state index contributed by atoms with van der Waals surface area (Å²) in [4.78, 5) is 31.9. The zero-order valence-corrected chi connectivity index (χ0v) is 23.3. The Morgan fingerprint density at radius 1 is 1.05 bits per heavy atom. The molecule has 12 heteroatoms. The summed E-state index contributed by atoms with van der Waals surface area (Å²) in [7, 11) is 2.85. The smallest absolute Gasteiger partial charge is 0.387 e. The van der Waals surface area contributed by atoms with E-state index in [4.69, 9.17) is 18.9 Å². The maximum absolute atomic E-state index is 13.8. The Balaban J connectivity index is 1.91. The van der Waals surface area contributed by atoms with Crippen LogP contribution in [0.3, 0.4) is 0 Å². The highest BCUT2D eigenvalue weighted by Gasteiger charge is 2.34. The van der Waals surface area contributed by atoms with Crippen LogP contribution in [0.25, 0.3) is 6.08 Å². The molecular weight excluding hydrogens is 546 g/mol. The average molecular weight is 575 g/mol. The van der Waals surface area contributed by atoms with Crippen molar-refractivity contribution in [1.29, 1.82) is 0 Å². The van der Waals surface area contributed by atoms with Crippen molar-refractivity contribution in [3.05, 3.63) is 78.5 Å². The van der Waals surface area contributed by atoms with Crippen LogP contribution in [0.2, 0.25) is 0 Å². The minimum Gasteiger partial charge on any atom is -0.493 e. The van der Waals surface area contributed by atoms with Crippen molar-refractivity contribution in [2.75, 3.05) is 27.4 Å². The van der Waals surface area contributed by atoms with Crippen LogP contribution in [0.5, 0.6) is 23.0 Å². The molecule has 2 heterocycles. The fraction of sp³-hybridized carbons (Fsp3) is 0.321. The van der Waals surface area contributed by atoms with E-state index in [1.807, 2.05) is 6.92 Å². The number of rotatable bonds is 10. The highest BCUT2D eigenvalue weighted by molar-refractivity contribution is 7.07. The lowest BCUT2D eigenvalue weighted by molar-refractivity contribution is -0.139. The molecule has 0 fully saturated rings. The summed E-state index contributed by atoms with van der Waals surface area (Å²) in [5, 5.41) is 0. The largest absolute Gasteiger partial charge is 0.493 e. The van der Waals surface area contributed by atoms with E-state index in [0.717, 1.165) is 11.3 Å². The van der Waals surface area contributed by atoms with Gasteiger partial charge < -0.3 is 23.7 Å². The van der Waals surface area contributed by atoms with Crippen molar-refractivity contribution in [2.45, 2.75) is 33.4 Å². The number of benzene rings is 2. The number of aromatic nitrogens is 1. The van der Waals surface area contributed by atoms with Crippen LogP contribution in [0.4, 0.5) is 8.78 Å². The zero-order chi connectivity index (χ0) is 29.0. The molecule has 40 heavy (non-hydrogen) atoms. The van der Waals surface area contributed by atoms with E-state index < -0.39 is 24.2 Å². The first-order chi connectivity index (χ1) is 19.2. The van der Waals surface area contributed by atoms with Gasteiger partial charge in [0.15, 0.2) is 27.8 Å². The molecule has 0 spiro atoms. The molecule has 1 aliphatic rings. The average Bonchev–Trinajstić information content (AvgIpc) is 3.22. The molecule has 0 amide bonds. The van der Waals surface area contributed by atoms with E-state index in [0.29, 0.717) is 44.3 Å². The summed E-state index contributed by atoms with van der Waals surface area (Å²) in [5.74, 6) is 0.332. The topological polar surface area (TPSA) is 97.6 Å². The number of ether oxygens (including phenoxy) is 5. The highest BCUT2D eigenvalue weighted by atomic mass is 32.1. The van der Waals surface area contributed by atoms with Crippen molar-refractivity contribution >= 4 is 23.4 Å². The Kier molecular flexibility index (Phi) is 8.88. The fourth-order valence-corrected chi connectivity index (χ4v) is 5.40. The minimum atomic E-state index is -3.01. The van der Waals surface area contributed by atoms with Crippen LogP contribution in [0, 0.1) is 0 Å². The van der Waals surface area contributed by atoms with Crippen LogP contribution >= 0.6 is 11.3 Å². The SMILES string of the molecule is CCOC(=O)C1=C(C)N=c2s/c(=C/c3ccc(OC(F)F)c(OC)c3)c(=O)n2[C@H]1c1ccc(OC)c(OCC)c1. The van der Waals surface area contributed by atoms with Crippen molar-refractivity contribution in [1.82, 2.24) is 4.57 Å². The van der Waals surface area contributed by atoms with Crippen LogP contribution in [-0.4, -0.2) is 44.6 Å². The first-order valence-electron chi connectivity index (χ1n) is 12.4. The molecule has 0 saturated heterocycles. The van der Waals surface area contributed by atoms with E-state index in [1.54, 1.807) is 38.1 Å². The maximum atomic E-state index is 13.8. The second-order valence-corrected chi connectivity index (χ2v) is 9.44. The number of halogens is 2. The molecule has 1 aromatic heterocycles. The lowest BCUT2D eigenvalue weighted by atomic mass is 9.95. The molecule has 0 saturated carbocycles. The number of nitrogens with zero attached hydrogens (tertiary/aromatic N) is 2. The molecule has 1 aliphatic heterocycles. The van der Waals surface area contributed by atoms with Crippen molar-refractivity contribution in [2.24, 2.45) is 4.99 Å². The quantitative estimate of drug-likeness (QED) is 0.340. The van der Waals surface area contributed by atoms with Crippen molar-refractivity contribution in [3.8, 4) is 23.0 Å². The van der Waals surface area contributed by atoms with E-state index in [1.165, 1.54) is 37.0 Å². The summed E-state index contributed by atoms with van der Waals surface area (Å²) < 4.78 is 53.4. The minimum absolute atomic E-state index is 0.0850. The van der Waals surface area contributed by atoms with Crippen LogP contribution in [0.15, 0.2) is 57.5 Å². The molecule has 4 rings (SSSR count). The van der Waals surface area contributed by atoms with E-state index in [2.05, 4.69) is 9.73 Å². The van der Waals surface area contributed by atoms with Gasteiger partial charge in [-0.3, -0.25) is 9.36 Å². The number of alkyl halides is 2. The van der Waals surface area contributed by atoms with Gasteiger partial charge in [0, 0.05) is 0 Å². The third-order valence-corrected chi connectivity index (χ3v) is 7.00. The van der Waals surface area contributed by atoms with Gasteiger partial charge in [-0.05, 0) is 62.2 Å². The second kappa shape index (κ2) is 12.3. The number of hydrogen-bond acceptors (Lipinski definition) is 9. The van der Waals surface area contributed by atoms with Gasteiger partial charge in [-0.2, -0.15) is 8.78 Å². The number of fused-ring (bicyclic) bond motifs is 1. The summed E-state index contributed by atoms with van der Waals surface area (Å²) in [5.41, 5.74) is 1.36. The first kappa shape index (κ1) is 28.8. The summed E-state index contributed by atoms with van der Waals surface area (Å²) >= 11 is 1.13. The van der Waals surface area contributed by atoms with Gasteiger partial charge >= 0.3 is 12.6 Å². The lowest BCUT2D eigenvalue weighted by Gasteiger charge is -2.25. The Labute approximate surface area is 232 Å². The number of carbonyl (C=O) groups excluding carboxylic acids is 1. The molecule has 0 radical (unpaired) electrons. The summed E-state index contributed by atoms with van der Waals surface area (Å²) in [6, 6.07) is 8.71. The Bertz CT molecular complexity index is 1630. The van der Waals surface area contributed by atoms with Gasteiger partial charge in [0.1, 0.15) is 0 Å². The molecule has 0 N–H and O–H groups in total. The molecule has 212 valence electrons. The Hall–Kier alpha value is -4.19. The summed E-state index contributed by atoms with van der Waals surface area (Å²) in [6.45, 7) is 2.74. The Morgan fingerprint density at radius 3 is 2.42 bits per heavy atom. The van der Waals surface area contributed by atoms with Crippen molar-refractivity contribution < 1.29 is 37.3 Å². The number of esters is 1. The molecular formula is C28H28F2N2O7S. The number of methoxy groups -OCH3 is 2. The Morgan fingerprint density at radius 2 is 1.77 bits per heavy atom. The van der Waals surface area contributed by atoms with Crippen LogP contribution < -0.4 is 33.8 Å². The van der Waals surface area contributed by atoms with Gasteiger partial charge in [0.2, 0.25) is 0 Å². The van der Waals surface area contributed by atoms with Crippen molar-refractivity contribution in [3.63, 3.8) is 0 Å². The third kappa shape index (κ3) is 5.71. The molecule has 1 atom stereocenters.